The lowest BCUT2D eigenvalue weighted by Crippen LogP contribution is -2.56. The first-order chi connectivity index (χ1) is 15.3. The highest BCUT2D eigenvalue weighted by Gasteiger charge is 2.53. The summed E-state index contributed by atoms with van der Waals surface area (Å²) in [6.07, 6.45) is 5.70. The van der Waals surface area contributed by atoms with Crippen molar-refractivity contribution in [3.8, 4) is 0 Å². The van der Waals surface area contributed by atoms with E-state index >= 15 is 0 Å². The minimum Gasteiger partial charge on any atom is -0.481 e. The minimum absolute atomic E-state index is 0.0864. The molecule has 0 atom stereocenters. The molecule has 3 aromatic rings. The molecule has 2 N–H and O–H groups in total. The summed E-state index contributed by atoms with van der Waals surface area (Å²) in [6, 6.07) is 12.6. The number of aliphatic carboxylic acids is 1. The number of carbonyl (C=O) groups excluding carboxylic acids is 1. The molecule has 2 aliphatic rings. The molecule has 2 aromatic carbocycles. The summed E-state index contributed by atoms with van der Waals surface area (Å²) in [6.45, 7) is 0.540. The van der Waals surface area contributed by atoms with Gasteiger partial charge >= 0.3 is 5.97 Å². The average molecular weight is 499 g/mol. The number of carboxylic acids is 1. The van der Waals surface area contributed by atoms with Gasteiger partial charge in [0.15, 0.2) is 0 Å². The fourth-order valence-corrected chi connectivity index (χ4v) is 5.90. The van der Waals surface area contributed by atoms with Gasteiger partial charge in [-0.3, -0.25) is 9.59 Å². The van der Waals surface area contributed by atoms with Crippen LogP contribution in [0.15, 0.2) is 53.1 Å². The van der Waals surface area contributed by atoms with Crippen molar-refractivity contribution in [2.75, 3.05) is 0 Å². The fraction of sp³-hybridized carbons (Fsp3) is 0.360. The zero-order valence-corrected chi connectivity index (χ0v) is 19.1. The third kappa shape index (κ3) is 3.94. The molecule has 5 rings (SSSR count). The lowest BCUT2D eigenvalue weighted by molar-refractivity contribution is -0.142. The number of nitrogens with one attached hydrogen (secondary N) is 1. The summed E-state index contributed by atoms with van der Waals surface area (Å²) >= 11 is 3.43. The van der Waals surface area contributed by atoms with Crippen LogP contribution in [0.3, 0.4) is 0 Å². The van der Waals surface area contributed by atoms with E-state index in [0.717, 1.165) is 35.7 Å². The summed E-state index contributed by atoms with van der Waals surface area (Å²) in [5.74, 6) is -0.997. The number of hydrogen-bond acceptors (Lipinski definition) is 2. The Balaban J connectivity index is 1.30. The molecule has 0 saturated heterocycles. The number of carboxylic acid groups (broad SMARTS) is 1. The van der Waals surface area contributed by atoms with Crippen molar-refractivity contribution in [1.29, 1.82) is 0 Å². The van der Waals surface area contributed by atoms with E-state index in [0.29, 0.717) is 23.0 Å². The summed E-state index contributed by atoms with van der Waals surface area (Å²) in [5.41, 5.74) is 2.34. The van der Waals surface area contributed by atoms with Crippen molar-refractivity contribution in [1.82, 2.24) is 9.88 Å². The van der Waals surface area contributed by atoms with Crippen molar-refractivity contribution in [3.05, 3.63) is 70.1 Å². The van der Waals surface area contributed by atoms with E-state index < -0.39 is 5.97 Å². The number of halogens is 2. The number of benzene rings is 2. The SMILES string of the molecule is O=C(O)CC1CC2(C1)CC(NC(=O)c1ccc(F)c3ccn(Cc4ccc(Br)cc4)c13)C2. The largest absolute Gasteiger partial charge is 0.481 e. The summed E-state index contributed by atoms with van der Waals surface area (Å²) < 4.78 is 17.4. The molecular formula is C25H24BrFN2O3. The Morgan fingerprint density at radius 2 is 1.81 bits per heavy atom. The van der Waals surface area contributed by atoms with Crippen LogP contribution in [0.5, 0.6) is 0 Å². The fourth-order valence-electron chi connectivity index (χ4n) is 5.63. The highest BCUT2D eigenvalue weighted by atomic mass is 79.9. The van der Waals surface area contributed by atoms with Gasteiger partial charge in [-0.15, -0.1) is 0 Å². The van der Waals surface area contributed by atoms with E-state index in [9.17, 15) is 14.0 Å². The molecule has 0 bridgehead atoms. The monoisotopic (exact) mass is 498 g/mol. The van der Waals surface area contributed by atoms with Crippen LogP contribution in [0.4, 0.5) is 4.39 Å². The van der Waals surface area contributed by atoms with Crippen LogP contribution in [-0.2, 0) is 11.3 Å². The van der Waals surface area contributed by atoms with E-state index in [2.05, 4.69) is 21.2 Å². The molecule has 166 valence electrons. The average Bonchev–Trinajstić information content (AvgIpc) is 3.11. The molecule has 0 radical (unpaired) electrons. The molecule has 5 nitrogen and oxygen atoms in total. The Labute approximate surface area is 193 Å². The number of hydrogen-bond donors (Lipinski definition) is 2. The molecule has 32 heavy (non-hydrogen) atoms. The zero-order valence-electron chi connectivity index (χ0n) is 17.5. The van der Waals surface area contributed by atoms with Crippen LogP contribution in [0.1, 0.15) is 48.0 Å². The molecule has 0 unspecified atom stereocenters. The maximum absolute atomic E-state index is 14.5. The van der Waals surface area contributed by atoms with Crippen LogP contribution in [-0.4, -0.2) is 27.6 Å². The van der Waals surface area contributed by atoms with Crippen LogP contribution in [0, 0.1) is 17.2 Å². The van der Waals surface area contributed by atoms with E-state index in [1.807, 2.05) is 35.0 Å². The van der Waals surface area contributed by atoms with E-state index in [1.165, 1.54) is 6.07 Å². The Kier molecular flexibility index (Phi) is 5.32. The molecular weight excluding hydrogens is 475 g/mol. The van der Waals surface area contributed by atoms with Gasteiger partial charge in [0.2, 0.25) is 0 Å². The van der Waals surface area contributed by atoms with Gasteiger partial charge < -0.3 is 15.0 Å². The maximum atomic E-state index is 14.5. The van der Waals surface area contributed by atoms with Gasteiger partial charge in [-0.1, -0.05) is 28.1 Å². The number of fused-ring (bicyclic) bond motifs is 1. The van der Waals surface area contributed by atoms with Crippen LogP contribution in [0.25, 0.3) is 10.9 Å². The van der Waals surface area contributed by atoms with Gasteiger partial charge in [0, 0.05) is 35.1 Å². The molecule has 2 aliphatic carbocycles. The molecule has 2 fully saturated rings. The number of rotatable bonds is 6. The van der Waals surface area contributed by atoms with Crippen LogP contribution >= 0.6 is 15.9 Å². The Hall–Kier alpha value is -2.67. The second-order valence-corrected chi connectivity index (χ2v) is 10.3. The first kappa shape index (κ1) is 21.2. The molecule has 7 heteroatoms. The second-order valence-electron chi connectivity index (χ2n) is 9.38. The Morgan fingerprint density at radius 1 is 1.09 bits per heavy atom. The highest BCUT2D eigenvalue weighted by Crippen LogP contribution is 2.59. The van der Waals surface area contributed by atoms with Gasteiger partial charge in [-0.25, -0.2) is 4.39 Å². The van der Waals surface area contributed by atoms with Crippen molar-refractivity contribution in [3.63, 3.8) is 0 Å². The Bertz CT molecular complexity index is 1190. The molecule has 1 aromatic heterocycles. The highest BCUT2D eigenvalue weighted by molar-refractivity contribution is 9.10. The molecule has 2 saturated carbocycles. The summed E-state index contributed by atoms with van der Waals surface area (Å²) in [4.78, 5) is 24.0. The summed E-state index contributed by atoms with van der Waals surface area (Å²) in [5, 5.41) is 12.5. The topological polar surface area (TPSA) is 71.3 Å². The standard InChI is InChI=1S/C25H24BrFN2O3/c26-17-3-1-15(2-4-17)14-29-8-7-19-21(27)6-5-20(23(19)29)24(32)28-18-12-25(13-18)10-16(11-25)9-22(30)31/h1-8,16,18H,9-14H2,(H,28,32)(H,30,31). The number of nitrogens with zero attached hydrogens (tertiary/aromatic N) is 1. The van der Waals surface area contributed by atoms with Crippen molar-refractivity contribution in [2.45, 2.75) is 44.7 Å². The third-order valence-electron chi connectivity index (χ3n) is 6.98. The van der Waals surface area contributed by atoms with Crippen molar-refractivity contribution in [2.24, 2.45) is 11.3 Å². The lowest BCUT2D eigenvalue weighted by Gasteiger charge is -2.57. The Morgan fingerprint density at radius 3 is 2.50 bits per heavy atom. The van der Waals surface area contributed by atoms with E-state index in [4.69, 9.17) is 5.11 Å². The first-order valence-corrected chi connectivity index (χ1v) is 11.7. The maximum Gasteiger partial charge on any atom is 0.303 e. The first-order valence-electron chi connectivity index (χ1n) is 10.9. The van der Waals surface area contributed by atoms with Gasteiger partial charge in [0.05, 0.1) is 11.1 Å². The van der Waals surface area contributed by atoms with E-state index in [-0.39, 0.29) is 35.5 Å². The second kappa shape index (κ2) is 8.03. The summed E-state index contributed by atoms with van der Waals surface area (Å²) in [7, 11) is 0. The number of amides is 1. The molecule has 0 aliphatic heterocycles. The zero-order chi connectivity index (χ0) is 22.5. The van der Waals surface area contributed by atoms with Gasteiger partial charge in [0.25, 0.3) is 5.91 Å². The third-order valence-corrected chi connectivity index (χ3v) is 7.51. The minimum atomic E-state index is -0.736. The van der Waals surface area contributed by atoms with Crippen molar-refractivity contribution >= 4 is 38.7 Å². The predicted octanol–water partition coefficient (Wildman–Crippen LogP) is 5.35. The molecule has 1 amide bonds. The van der Waals surface area contributed by atoms with Crippen molar-refractivity contribution < 1.29 is 19.1 Å². The van der Waals surface area contributed by atoms with E-state index in [1.54, 1.807) is 12.1 Å². The molecule has 1 heterocycles. The normalized spacial score (nSPS) is 24.2. The van der Waals surface area contributed by atoms with Gasteiger partial charge in [0.1, 0.15) is 5.82 Å². The van der Waals surface area contributed by atoms with Gasteiger partial charge in [-0.05, 0) is 72.9 Å². The van der Waals surface area contributed by atoms with Gasteiger partial charge in [-0.2, -0.15) is 0 Å². The van der Waals surface area contributed by atoms with Crippen LogP contribution < -0.4 is 5.32 Å². The number of carbonyl (C=O) groups is 2. The molecule has 1 spiro atoms. The lowest BCUT2D eigenvalue weighted by atomic mass is 9.49. The quantitative estimate of drug-likeness (QED) is 0.480. The predicted molar refractivity (Wildman–Crippen MR) is 123 cm³/mol. The smallest absolute Gasteiger partial charge is 0.303 e. The number of aromatic nitrogens is 1. The van der Waals surface area contributed by atoms with Crippen LogP contribution in [0.2, 0.25) is 0 Å².